The van der Waals surface area contributed by atoms with Gasteiger partial charge in [-0.25, -0.2) is 0 Å². The van der Waals surface area contributed by atoms with Gasteiger partial charge in [0.2, 0.25) is 17.7 Å². The predicted molar refractivity (Wildman–Crippen MR) is 150 cm³/mol. The highest BCUT2D eigenvalue weighted by atomic mass is 16.5. The Morgan fingerprint density at radius 2 is 1.93 bits per heavy atom. The molecule has 4 aliphatic rings. The SMILES string of the molecule is COc1cccc2[nH]c(C(=O)N3C[C@@H]4CCC[C@@H]4[C@H]3NC(=O)[C@@H](C[C@@H]3CCCNC3=O)C(O)C(=O)NC3CC3)cc12. The van der Waals surface area contributed by atoms with Crippen LogP contribution in [0.5, 0.6) is 5.75 Å². The van der Waals surface area contributed by atoms with E-state index < -0.39 is 35.9 Å². The molecule has 4 fully saturated rings. The molecule has 2 saturated carbocycles. The highest BCUT2D eigenvalue weighted by Crippen LogP contribution is 2.42. The Hall–Kier alpha value is -3.60. The van der Waals surface area contributed by atoms with Crippen molar-refractivity contribution in [3.63, 3.8) is 0 Å². The lowest BCUT2D eigenvalue weighted by Gasteiger charge is -2.32. The number of carbonyl (C=O) groups is 4. The van der Waals surface area contributed by atoms with Crippen molar-refractivity contribution < 1.29 is 29.0 Å². The number of aliphatic hydroxyl groups is 1. The molecule has 2 saturated heterocycles. The van der Waals surface area contributed by atoms with Crippen molar-refractivity contribution >= 4 is 34.5 Å². The minimum atomic E-state index is -1.59. The van der Waals surface area contributed by atoms with E-state index >= 15 is 0 Å². The highest BCUT2D eigenvalue weighted by molar-refractivity contribution is 6.00. The Kier molecular flexibility index (Phi) is 7.63. The van der Waals surface area contributed by atoms with Crippen molar-refractivity contribution in [2.45, 2.75) is 69.7 Å². The molecule has 2 aliphatic heterocycles. The van der Waals surface area contributed by atoms with Gasteiger partial charge in [-0.05, 0) is 69.1 Å². The summed E-state index contributed by atoms with van der Waals surface area (Å²) in [4.78, 5) is 58.1. The summed E-state index contributed by atoms with van der Waals surface area (Å²) in [5, 5.41) is 20.6. The van der Waals surface area contributed by atoms with E-state index in [0.717, 1.165) is 49.4 Å². The summed E-state index contributed by atoms with van der Waals surface area (Å²) in [5.41, 5.74) is 1.19. The molecule has 220 valence electrons. The summed E-state index contributed by atoms with van der Waals surface area (Å²) in [5.74, 6) is -2.06. The Labute approximate surface area is 238 Å². The molecule has 4 amide bonds. The van der Waals surface area contributed by atoms with Gasteiger partial charge in [-0.15, -0.1) is 0 Å². The number of hydrogen-bond donors (Lipinski definition) is 5. The van der Waals surface area contributed by atoms with Crippen molar-refractivity contribution in [2.75, 3.05) is 20.2 Å². The average Bonchev–Trinajstić information content (AvgIpc) is 3.34. The van der Waals surface area contributed by atoms with Crippen LogP contribution in [0.4, 0.5) is 0 Å². The van der Waals surface area contributed by atoms with Crippen LogP contribution in [-0.2, 0) is 14.4 Å². The van der Waals surface area contributed by atoms with Crippen molar-refractivity contribution in [2.24, 2.45) is 23.7 Å². The number of nitrogens with zero attached hydrogens (tertiary/aromatic N) is 1. The number of aliphatic hydroxyl groups excluding tert-OH is 1. The Morgan fingerprint density at radius 3 is 2.68 bits per heavy atom. The van der Waals surface area contributed by atoms with Gasteiger partial charge < -0.3 is 35.7 Å². The van der Waals surface area contributed by atoms with Crippen LogP contribution in [0.15, 0.2) is 24.3 Å². The van der Waals surface area contributed by atoms with Gasteiger partial charge in [0, 0.05) is 41.9 Å². The van der Waals surface area contributed by atoms with E-state index in [-0.39, 0.29) is 36.1 Å². The maximum absolute atomic E-state index is 13.9. The van der Waals surface area contributed by atoms with Crippen molar-refractivity contribution in [1.82, 2.24) is 25.8 Å². The molecule has 2 aliphatic carbocycles. The first-order chi connectivity index (χ1) is 19.8. The molecular weight excluding hydrogens is 526 g/mol. The first kappa shape index (κ1) is 27.6. The topological polar surface area (TPSA) is 153 Å². The van der Waals surface area contributed by atoms with Crippen LogP contribution in [0.1, 0.15) is 61.9 Å². The normalized spacial score (nSPS) is 27.2. The largest absolute Gasteiger partial charge is 0.496 e. The quantitative estimate of drug-likeness (QED) is 0.312. The minimum Gasteiger partial charge on any atom is -0.496 e. The number of nitrogens with one attached hydrogen (secondary N) is 4. The summed E-state index contributed by atoms with van der Waals surface area (Å²) < 4.78 is 5.46. The molecule has 1 aromatic heterocycles. The molecule has 6 rings (SSSR count). The van der Waals surface area contributed by atoms with Gasteiger partial charge in [-0.1, -0.05) is 12.5 Å². The number of rotatable bonds is 9. The molecular formula is C30H39N5O6. The lowest BCUT2D eigenvalue weighted by Crippen LogP contribution is -2.55. The number of likely N-dealkylation sites (tertiary alicyclic amines) is 1. The van der Waals surface area contributed by atoms with Crippen LogP contribution in [0.25, 0.3) is 10.9 Å². The number of fused-ring (bicyclic) bond motifs is 2. The third-order valence-corrected chi connectivity index (χ3v) is 9.36. The Balaban J connectivity index is 1.24. The summed E-state index contributed by atoms with van der Waals surface area (Å²) in [6, 6.07) is 7.38. The van der Waals surface area contributed by atoms with E-state index in [1.165, 1.54) is 0 Å². The second-order valence-corrected chi connectivity index (χ2v) is 12.1. The van der Waals surface area contributed by atoms with Gasteiger partial charge in [0.15, 0.2) is 0 Å². The lowest BCUT2D eigenvalue weighted by atomic mass is 9.84. The number of aromatic amines is 1. The van der Waals surface area contributed by atoms with Crippen LogP contribution in [0.3, 0.4) is 0 Å². The fraction of sp³-hybridized carbons (Fsp3) is 0.600. The molecule has 6 atom stereocenters. The van der Waals surface area contributed by atoms with E-state index in [9.17, 15) is 24.3 Å². The molecule has 11 heteroatoms. The Morgan fingerprint density at radius 1 is 1.10 bits per heavy atom. The molecule has 41 heavy (non-hydrogen) atoms. The number of benzene rings is 1. The molecule has 1 aromatic carbocycles. The van der Waals surface area contributed by atoms with E-state index in [0.29, 0.717) is 31.0 Å². The number of carbonyl (C=O) groups excluding carboxylic acids is 4. The van der Waals surface area contributed by atoms with Crippen LogP contribution in [0.2, 0.25) is 0 Å². The first-order valence-electron chi connectivity index (χ1n) is 14.9. The maximum atomic E-state index is 13.9. The van der Waals surface area contributed by atoms with Gasteiger partial charge in [-0.3, -0.25) is 19.2 Å². The standard InChI is InChI=1S/C30H39N5O6/c1-41-24-9-3-8-22-20(24)14-23(33-22)30(40)35-15-17-5-2-7-19(17)26(35)34-28(38)21(13-16-6-4-12-31-27(16)37)25(36)29(39)32-18-10-11-18/h3,8-9,14,16-19,21,25-26,33,36H,2,4-7,10-13,15H2,1H3,(H,31,37)(H,32,39)(H,34,38)/t16-,17-,19-,21-,25?,26-/m0/s1. The number of piperidine rings is 1. The van der Waals surface area contributed by atoms with Gasteiger partial charge in [0.1, 0.15) is 23.7 Å². The van der Waals surface area contributed by atoms with Crippen LogP contribution >= 0.6 is 0 Å². The zero-order valence-corrected chi connectivity index (χ0v) is 23.4. The average molecular weight is 566 g/mol. The molecule has 11 nitrogen and oxygen atoms in total. The molecule has 2 aromatic rings. The molecule has 1 unspecified atom stereocenters. The van der Waals surface area contributed by atoms with E-state index in [1.54, 1.807) is 18.1 Å². The third-order valence-electron chi connectivity index (χ3n) is 9.36. The number of aromatic nitrogens is 1. The van der Waals surface area contributed by atoms with E-state index in [1.807, 2.05) is 18.2 Å². The number of methoxy groups -OCH3 is 1. The summed E-state index contributed by atoms with van der Waals surface area (Å²) >= 11 is 0. The Bertz CT molecular complexity index is 1340. The first-order valence-corrected chi connectivity index (χ1v) is 14.9. The van der Waals surface area contributed by atoms with Crippen LogP contribution in [0, 0.1) is 23.7 Å². The summed E-state index contributed by atoms with van der Waals surface area (Å²) in [6.07, 6.45) is 3.84. The van der Waals surface area contributed by atoms with Crippen molar-refractivity contribution in [1.29, 1.82) is 0 Å². The second kappa shape index (κ2) is 11.3. The van der Waals surface area contributed by atoms with Crippen molar-refractivity contribution in [3.05, 3.63) is 30.0 Å². The monoisotopic (exact) mass is 565 g/mol. The molecule has 3 heterocycles. The highest BCUT2D eigenvalue weighted by Gasteiger charge is 2.48. The maximum Gasteiger partial charge on any atom is 0.271 e. The zero-order valence-electron chi connectivity index (χ0n) is 23.4. The fourth-order valence-corrected chi connectivity index (χ4v) is 6.97. The van der Waals surface area contributed by atoms with Gasteiger partial charge in [0.05, 0.1) is 13.0 Å². The molecule has 0 radical (unpaired) electrons. The van der Waals surface area contributed by atoms with Crippen LogP contribution in [-0.4, -0.2) is 77.1 Å². The predicted octanol–water partition coefficient (Wildman–Crippen LogP) is 1.66. The van der Waals surface area contributed by atoms with Gasteiger partial charge in [0.25, 0.3) is 5.91 Å². The number of H-pyrrole nitrogens is 1. The summed E-state index contributed by atoms with van der Waals surface area (Å²) in [7, 11) is 1.59. The third kappa shape index (κ3) is 5.51. The lowest BCUT2D eigenvalue weighted by molar-refractivity contribution is -0.143. The van der Waals surface area contributed by atoms with Gasteiger partial charge in [-0.2, -0.15) is 0 Å². The number of hydrogen-bond acceptors (Lipinski definition) is 6. The number of amides is 4. The molecule has 0 bridgehead atoms. The molecule has 0 spiro atoms. The van der Waals surface area contributed by atoms with Crippen LogP contribution < -0.4 is 20.7 Å². The molecule has 5 N–H and O–H groups in total. The van der Waals surface area contributed by atoms with Gasteiger partial charge >= 0.3 is 0 Å². The fourth-order valence-electron chi connectivity index (χ4n) is 6.97. The van der Waals surface area contributed by atoms with E-state index in [2.05, 4.69) is 20.9 Å². The summed E-state index contributed by atoms with van der Waals surface area (Å²) in [6.45, 7) is 1.10. The van der Waals surface area contributed by atoms with Crippen molar-refractivity contribution in [3.8, 4) is 5.75 Å². The number of ether oxygens (including phenoxy) is 1. The smallest absolute Gasteiger partial charge is 0.271 e. The zero-order chi connectivity index (χ0) is 28.7. The second-order valence-electron chi connectivity index (χ2n) is 12.1. The minimum absolute atomic E-state index is 0.0240. The van der Waals surface area contributed by atoms with E-state index in [4.69, 9.17) is 4.74 Å².